The van der Waals surface area contributed by atoms with E-state index in [4.69, 9.17) is 5.73 Å². The van der Waals surface area contributed by atoms with Crippen molar-refractivity contribution in [1.29, 1.82) is 0 Å². The summed E-state index contributed by atoms with van der Waals surface area (Å²) >= 11 is 0. The number of β-amino-alcohol motifs (C(OH)–C–C–N with tert-alkyl or cyclic N) is 1. The van der Waals surface area contributed by atoms with Gasteiger partial charge in [0.05, 0.1) is 12.7 Å². The number of carbonyl (C=O) groups excluding carboxylic acids is 1. The van der Waals surface area contributed by atoms with Crippen molar-refractivity contribution in [2.75, 3.05) is 29.0 Å². The number of amides is 1. The van der Waals surface area contributed by atoms with Crippen LogP contribution in [-0.2, 0) is 18.4 Å². The molecule has 0 saturated carbocycles. The number of nitrogens with zero attached hydrogens (tertiary/aromatic N) is 4. The number of nitrogen functional groups attached to an aromatic ring is 1. The van der Waals surface area contributed by atoms with Gasteiger partial charge in [-0.3, -0.25) is 4.79 Å². The molecule has 1 unspecified atom stereocenters. The number of hydrogen-bond acceptors (Lipinski definition) is 8. The highest BCUT2D eigenvalue weighted by molar-refractivity contribution is 6.05. The van der Waals surface area contributed by atoms with E-state index in [2.05, 4.69) is 45.9 Å². The second kappa shape index (κ2) is 12.3. The van der Waals surface area contributed by atoms with Gasteiger partial charge in [0.25, 0.3) is 5.91 Å². The number of aliphatic hydroxyl groups excluding tert-OH is 2. The molecule has 1 amide bonds. The van der Waals surface area contributed by atoms with Crippen LogP contribution in [0.4, 0.5) is 17.3 Å². The Labute approximate surface area is 246 Å². The molecule has 0 aliphatic carbocycles. The van der Waals surface area contributed by atoms with Crippen LogP contribution in [0, 0.1) is 0 Å². The number of nitrogens with two attached hydrogens (primary N) is 1. The van der Waals surface area contributed by atoms with E-state index in [-0.39, 0.29) is 30.0 Å². The van der Waals surface area contributed by atoms with Gasteiger partial charge >= 0.3 is 0 Å². The third kappa shape index (κ3) is 6.75. The van der Waals surface area contributed by atoms with E-state index in [1.54, 1.807) is 30.3 Å². The predicted molar refractivity (Wildman–Crippen MR) is 165 cm³/mol. The van der Waals surface area contributed by atoms with Crippen molar-refractivity contribution in [2.45, 2.75) is 58.2 Å². The van der Waals surface area contributed by atoms with Gasteiger partial charge in [-0.15, -0.1) is 0 Å². The standard InChI is InChI=1S/C33H38N6O3/c1-33(2,3)23-13-11-22(12-14-23)31(42)35-28-8-4-7-26(27(28)20-40)30-36-29(37-32(34)38-30)18-21-9-15-24(16-10-21)39-17-5-6-25(41)19-39/h4,7-16,25,40-41H,5-6,17-20H2,1-3H3,(H,35,42)(H2,34,36,37,38). The molecule has 1 saturated heterocycles. The number of anilines is 3. The van der Waals surface area contributed by atoms with E-state index in [0.717, 1.165) is 36.2 Å². The summed E-state index contributed by atoms with van der Waals surface area (Å²) in [7, 11) is 0. The topological polar surface area (TPSA) is 137 Å². The Morgan fingerprint density at radius 3 is 2.43 bits per heavy atom. The van der Waals surface area contributed by atoms with Gasteiger partial charge < -0.3 is 26.2 Å². The molecule has 5 N–H and O–H groups in total. The van der Waals surface area contributed by atoms with Crippen molar-refractivity contribution in [3.05, 3.63) is 94.8 Å². The number of aromatic nitrogens is 3. The fourth-order valence-corrected chi connectivity index (χ4v) is 5.23. The summed E-state index contributed by atoms with van der Waals surface area (Å²) < 4.78 is 0. The molecule has 1 fully saturated rings. The minimum Gasteiger partial charge on any atom is -0.392 e. The molecule has 1 aliphatic rings. The van der Waals surface area contributed by atoms with Crippen LogP contribution in [0.3, 0.4) is 0 Å². The van der Waals surface area contributed by atoms with Crippen LogP contribution in [-0.4, -0.2) is 50.3 Å². The van der Waals surface area contributed by atoms with Crippen LogP contribution in [0.2, 0.25) is 0 Å². The van der Waals surface area contributed by atoms with Crippen molar-refractivity contribution in [1.82, 2.24) is 15.0 Å². The first-order valence-corrected chi connectivity index (χ1v) is 14.3. The highest BCUT2D eigenvalue weighted by atomic mass is 16.3. The molecule has 1 aromatic heterocycles. The van der Waals surface area contributed by atoms with Crippen molar-refractivity contribution >= 4 is 23.2 Å². The molecule has 0 spiro atoms. The molecule has 9 nitrogen and oxygen atoms in total. The molecule has 218 valence electrons. The van der Waals surface area contributed by atoms with Gasteiger partial charge in [-0.05, 0) is 59.7 Å². The van der Waals surface area contributed by atoms with E-state index in [1.165, 1.54) is 0 Å². The molecule has 1 aliphatic heterocycles. The number of benzene rings is 3. The molecular weight excluding hydrogens is 528 g/mol. The SMILES string of the molecule is CC(C)(C)c1ccc(C(=O)Nc2cccc(-c3nc(N)nc(Cc4ccc(N5CCCC(O)C5)cc4)n3)c2CO)cc1. The maximum Gasteiger partial charge on any atom is 0.255 e. The zero-order valence-corrected chi connectivity index (χ0v) is 24.3. The lowest BCUT2D eigenvalue weighted by Gasteiger charge is -2.32. The number of nitrogens with one attached hydrogen (secondary N) is 1. The summed E-state index contributed by atoms with van der Waals surface area (Å²) in [4.78, 5) is 28.6. The van der Waals surface area contributed by atoms with Crippen molar-refractivity contribution in [2.24, 2.45) is 0 Å². The smallest absolute Gasteiger partial charge is 0.255 e. The van der Waals surface area contributed by atoms with Crippen LogP contribution in [0.5, 0.6) is 0 Å². The van der Waals surface area contributed by atoms with Crippen LogP contribution in [0.15, 0.2) is 66.7 Å². The molecule has 0 bridgehead atoms. The van der Waals surface area contributed by atoms with E-state index in [9.17, 15) is 15.0 Å². The van der Waals surface area contributed by atoms with Crippen LogP contribution >= 0.6 is 0 Å². The first kappa shape index (κ1) is 29.2. The quantitative estimate of drug-likeness (QED) is 0.252. The summed E-state index contributed by atoms with van der Waals surface area (Å²) in [6, 6.07) is 21.0. The van der Waals surface area contributed by atoms with Gasteiger partial charge in [0, 0.05) is 47.6 Å². The molecule has 2 heterocycles. The van der Waals surface area contributed by atoms with E-state index < -0.39 is 0 Å². The number of piperidine rings is 1. The number of carbonyl (C=O) groups is 1. The zero-order valence-electron chi connectivity index (χ0n) is 24.3. The Kier molecular flexibility index (Phi) is 8.51. The summed E-state index contributed by atoms with van der Waals surface area (Å²) in [5, 5.41) is 23.3. The fourth-order valence-electron chi connectivity index (χ4n) is 5.23. The molecule has 4 aromatic rings. The number of aliphatic hydroxyl groups is 2. The Morgan fingerprint density at radius 2 is 1.76 bits per heavy atom. The van der Waals surface area contributed by atoms with Gasteiger partial charge in [-0.1, -0.05) is 57.2 Å². The van der Waals surface area contributed by atoms with Crippen molar-refractivity contribution < 1.29 is 15.0 Å². The van der Waals surface area contributed by atoms with Crippen LogP contribution < -0.4 is 16.0 Å². The Balaban J connectivity index is 1.35. The third-order valence-electron chi connectivity index (χ3n) is 7.60. The molecule has 3 aromatic carbocycles. The average molecular weight is 567 g/mol. The van der Waals surface area contributed by atoms with Crippen LogP contribution in [0.25, 0.3) is 11.4 Å². The first-order chi connectivity index (χ1) is 20.1. The van der Waals surface area contributed by atoms with Crippen molar-refractivity contribution in [3.63, 3.8) is 0 Å². The fraction of sp³-hybridized carbons (Fsp3) is 0.333. The summed E-state index contributed by atoms with van der Waals surface area (Å²) in [6.07, 6.45) is 1.97. The molecule has 1 atom stereocenters. The summed E-state index contributed by atoms with van der Waals surface area (Å²) in [6.45, 7) is 7.61. The minimum atomic E-state index is -0.331. The zero-order chi connectivity index (χ0) is 29.9. The van der Waals surface area contributed by atoms with E-state index >= 15 is 0 Å². The molecule has 0 radical (unpaired) electrons. The normalized spacial score (nSPS) is 15.5. The number of hydrogen-bond donors (Lipinski definition) is 4. The van der Waals surface area contributed by atoms with Gasteiger partial charge in [-0.25, -0.2) is 4.98 Å². The van der Waals surface area contributed by atoms with Crippen LogP contribution in [0.1, 0.15) is 66.5 Å². The molecule has 5 rings (SSSR count). The second-order valence-electron chi connectivity index (χ2n) is 11.8. The highest BCUT2D eigenvalue weighted by Gasteiger charge is 2.19. The maximum atomic E-state index is 13.1. The Bertz CT molecular complexity index is 1550. The largest absolute Gasteiger partial charge is 0.392 e. The third-order valence-corrected chi connectivity index (χ3v) is 7.60. The molecular formula is C33H38N6O3. The van der Waals surface area contributed by atoms with E-state index in [1.807, 2.05) is 36.4 Å². The summed E-state index contributed by atoms with van der Waals surface area (Å²) in [5.41, 5.74) is 11.3. The van der Waals surface area contributed by atoms with Gasteiger partial charge in [-0.2, -0.15) is 9.97 Å². The molecule has 42 heavy (non-hydrogen) atoms. The van der Waals surface area contributed by atoms with Crippen molar-refractivity contribution in [3.8, 4) is 11.4 Å². The lowest BCUT2D eigenvalue weighted by Crippen LogP contribution is -2.38. The minimum absolute atomic E-state index is 0.0142. The average Bonchev–Trinajstić information content (AvgIpc) is 2.97. The highest BCUT2D eigenvalue weighted by Crippen LogP contribution is 2.29. The first-order valence-electron chi connectivity index (χ1n) is 14.3. The monoisotopic (exact) mass is 566 g/mol. The lowest BCUT2D eigenvalue weighted by molar-refractivity contribution is 0.102. The van der Waals surface area contributed by atoms with E-state index in [0.29, 0.717) is 47.0 Å². The van der Waals surface area contributed by atoms with Gasteiger partial charge in [0.2, 0.25) is 5.95 Å². The summed E-state index contributed by atoms with van der Waals surface area (Å²) in [5.74, 6) is 0.619. The van der Waals surface area contributed by atoms with Gasteiger partial charge in [0.15, 0.2) is 5.82 Å². The second-order valence-corrected chi connectivity index (χ2v) is 11.8. The Hall–Kier alpha value is -4.34. The van der Waals surface area contributed by atoms with Gasteiger partial charge in [0.1, 0.15) is 5.82 Å². The lowest BCUT2D eigenvalue weighted by atomic mass is 9.86. The predicted octanol–water partition coefficient (Wildman–Crippen LogP) is 4.71. The maximum absolute atomic E-state index is 13.1. The molecule has 9 heteroatoms. The number of rotatable bonds is 7. The Morgan fingerprint density at radius 1 is 1.02 bits per heavy atom.